The first-order chi connectivity index (χ1) is 19.7. The number of nitrogens with one attached hydrogen (secondary N) is 2. The first-order valence-corrected chi connectivity index (χ1v) is 14.4. The number of para-hydroxylation sites is 1. The molecule has 1 aromatic heterocycles. The van der Waals surface area contributed by atoms with Crippen molar-refractivity contribution < 1.29 is 23.5 Å². The van der Waals surface area contributed by atoms with Crippen LogP contribution >= 0.6 is 11.6 Å². The third-order valence-electron chi connectivity index (χ3n) is 8.63. The Morgan fingerprint density at radius 1 is 1.02 bits per heavy atom. The van der Waals surface area contributed by atoms with Gasteiger partial charge in [0.25, 0.3) is 11.8 Å². The van der Waals surface area contributed by atoms with Crippen LogP contribution in [-0.2, 0) is 10.4 Å². The molecule has 2 saturated carbocycles. The van der Waals surface area contributed by atoms with Gasteiger partial charge in [-0.1, -0.05) is 29.8 Å². The van der Waals surface area contributed by atoms with Crippen molar-refractivity contribution in [2.45, 2.75) is 62.6 Å². The van der Waals surface area contributed by atoms with E-state index < -0.39 is 28.7 Å². The average molecular weight is 581 g/mol. The van der Waals surface area contributed by atoms with Crippen LogP contribution in [0.15, 0.2) is 54.7 Å². The number of carbonyl (C=O) groups excluding carboxylic acids is 2. The second-order valence-corrected chi connectivity index (χ2v) is 11.7. The SMILES string of the molecule is O=C(N[C@H]1CC[C@H](CN2C(=O)C(O)(c3cc(F)ccc3F)c3ccccc32)CC1)c1cc(Cl)cnc1NC1CCC1. The molecule has 3 aromatic rings. The van der Waals surface area contributed by atoms with Crippen molar-refractivity contribution >= 4 is 34.9 Å². The normalized spacial score (nSPS) is 24.1. The van der Waals surface area contributed by atoms with Crippen LogP contribution in [0.2, 0.25) is 5.02 Å². The zero-order valence-electron chi connectivity index (χ0n) is 22.4. The van der Waals surface area contributed by atoms with E-state index in [0.29, 0.717) is 47.5 Å². The first kappa shape index (κ1) is 27.6. The number of benzene rings is 2. The molecule has 2 aromatic carbocycles. The molecule has 7 nitrogen and oxygen atoms in total. The molecule has 0 saturated heterocycles. The Morgan fingerprint density at radius 3 is 2.51 bits per heavy atom. The molecule has 3 aliphatic rings. The van der Waals surface area contributed by atoms with E-state index in [1.165, 1.54) is 11.1 Å². The summed E-state index contributed by atoms with van der Waals surface area (Å²) in [4.78, 5) is 32.7. The van der Waals surface area contributed by atoms with Gasteiger partial charge in [0, 0.05) is 36.0 Å². The lowest BCUT2D eigenvalue weighted by molar-refractivity contribution is -0.132. The molecule has 0 bridgehead atoms. The number of amides is 2. The van der Waals surface area contributed by atoms with E-state index in [9.17, 15) is 23.5 Å². The number of rotatable bonds is 7. The summed E-state index contributed by atoms with van der Waals surface area (Å²) in [5, 5.41) is 18.4. The molecule has 214 valence electrons. The summed E-state index contributed by atoms with van der Waals surface area (Å²) in [6.07, 6.45) is 7.69. The number of aliphatic hydroxyl groups is 1. The standard InChI is InChI=1S/C31H31ClF2N4O3/c32-19-14-23(28(35-16-19)36-21-4-3-5-21)29(39)37-22-11-8-18(9-12-22)17-38-27-7-2-1-6-24(27)31(41,30(38)40)25-15-20(33)10-13-26(25)34/h1-2,6-7,10,13-16,18,21-22,41H,3-5,8-9,11-12,17H2,(H,35,36)(H,37,39)/t18-,22-,31?. The van der Waals surface area contributed by atoms with Crippen LogP contribution in [0, 0.1) is 17.6 Å². The second-order valence-electron chi connectivity index (χ2n) is 11.3. The Balaban J connectivity index is 1.13. The van der Waals surface area contributed by atoms with Crippen LogP contribution in [0.1, 0.15) is 66.4 Å². The van der Waals surface area contributed by atoms with Crippen molar-refractivity contribution in [2.75, 3.05) is 16.8 Å². The predicted molar refractivity (Wildman–Crippen MR) is 152 cm³/mol. The lowest BCUT2D eigenvalue weighted by Crippen LogP contribution is -2.45. The molecule has 0 spiro atoms. The molecular weight excluding hydrogens is 550 g/mol. The maximum atomic E-state index is 14.8. The summed E-state index contributed by atoms with van der Waals surface area (Å²) in [7, 11) is 0. The van der Waals surface area contributed by atoms with Crippen LogP contribution in [0.5, 0.6) is 0 Å². The van der Waals surface area contributed by atoms with E-state index in [1.54, 1.807) is 30.3 Å². The maximum Gasteiger partial charge on any atom is 0.268 e. The monoisotopic (exact) mass is 580 g/mol. The van der Waals surface area contributed by atoms with Crippen molar-refractivity contribution in [3.63, 3.8) is 0 Å². The van der Waals surface area contributed by atoms with Crippen molar-refractivity contribution in [2.24, 2.45) is 5.92 Å². The number of hydrogen-bond acceptors (Lipinski definition) is 5. The van der Waals surface area contributed by atoms with E-state index in [-0.39, 0.29) is 23.4 Å². The van der Waals surface area contributed by atoms with Crippen molar-refractivity contribution in [3.05, 3.63) is 88.1 Å². The Bertz CT molecular complexity index is 1490. The average Bonchev–Trinajstić information content (AvgIpc) is 3.16. The topological polar surface area (TPSA) is 94.6 Å². The molecule has 41 heavy (non-hydrogen) atoms. The summed E-state index contributed by atoms with van der Waals surface area (Å²) in [6.45, 7) is 0.323. The largest absolute Gasteiger partial charge is 0.372 e. The van der Waals surface area contributed by atoms with Gasteiger partial charge >= 0.3 is 0 Å². The van der Waals surface area contributed by atoms with Gasteiger partial charge in [-0.25, -0.2) is 13.8 Å². The molecule has 1 aliphatic heterocycles. The zero-order valence-corrected chi connectivity index (χ0v) is 23.1. The number of halogens is 3. The number of pyridine rings is 1. The van der Waals surface area contributed by atoms with Gasteiger partial charge < -0.3 is 20.6 Å². The van der Waals surface area contributed by atoms with Gasteiger partial charge in [-0.15, -0.1) is 0 Å². The van der Waals surface area contributed by atoms with Gasteiger partial charge in [0.1, 0.15) is 17.5 Å². The summed E-state index contributed by atoms with van der Waals surface area (Å²) < 4.78 is 28.8. The molecule has 3 N–H and O–H groups in total. The van der Waals surface area contributed by atoms with E-state index in [0.717, 1.165) is 50.3 Å². The summed E-state index contributed by atoms with van der Waals surface area (Å²) in [5.41, 5.74) is -1.57. The Hall–Kier alpha value is -3.56. The van der Waals surface area contributed by atoms with Gasteiger partial charge in [-0.05, 0) is 81.2 Å². The maximum absolute atomic E-state index is 14.8. The molecule has 2 heterocycles. The highest BCUT2D eigenvalue weighted by atomic mass is 35.5. The number of nitrogens with zero attached hydrogens (tertiary/aromatic N) is 2. The second kappa shape index (κ2) is 11.0. The molecule has 10 heteroatoms. The quantitative estimate of drug-likeness (QED) is 0.341. The first-order valence-electron chi connectivity index (χ1n) is 14.1. The van der Waals surface area contributed by atoms with Crippen LogP contribution in [-0.4, -0.2) is 40.5 Å². The van der Waals surface area contributed by atoms with Gasteiger partial charge in [0.15, 0.2) is 5.60 Å². The van der Waals surface area contributed by atoms with Gasteiger partial charge in [0.2, 0.25) is 0 Å². The number of carbonyl (C=O) groups is 2. The zero-order chi connectivity index (χ0) is 28.7. The summed E-state index contributed by atoms with van der Waals surface area (Å²) >= 11 is 6.15. The van der Waals surface area contributed by atoms with Crippen LogP contribution in [0.4, 0.5) is 20.3 Å². The lowest BCUT2D eigenvalue weighted by atomic mass is 9.85. The number of aromatic nitrogens is 1. The van der Waals surface area contributed by atoms with Gasteiger partial charge in [-0.3, -0.25) is 9.59 Å². The fraction of sp³-hybridized carbons (Fsp3) is 0.387. The van der Waals surface area contributed by atoms with Crippen LogP contribution in [0.3, 0.4) is 0 Å². The fourth-order valence-corrected chi connectivity index (χ4v) is 6.29. The molecule has 2 aliphatic carbocycles. The van der Waals surface area contributed by atoms with Crippen molar-refractivity contribution in [1.29, 1.82) is 0 Å². The molecular formula is C31H31ClF2N4O3. The fourth-order valence-electron chi connectivity index (χ4n) is 6.14. The number of fused-ring (bicyclic) bond motifs is 1. The summed E-state index contributed by atoms with van der Waals surface area (Å²) in [5.74, 6) is -1.87. The van der Waals surface area contributed by atoms with E-state index >= 15 is 0 Å². The van der Waals surface area contributed by atoms with Crippen molar-refractivity contribution in [1.82, 2.24) is 10.3 Å². The third-order valence-corrected chi connectivity index (χ3v) is 8.83. The van der Waals surface area contributed by atoms with Gasteiger partial charge in [-0.2, -0.15) is 0 Å². The minimum absolute atomic E-state index is 0.0471. The van der Waals surface area contributed by atoms with Crippen LogP contribution in [0.25, 0.3) is 0 Å². The number of anilines is 2. The molecule has 1 unspecified atom stereocenters. The third kappa shape index (κ3) is 5.17. The summed E-state index contributed by atoms with van der Waals surface area (Å²) in [6, 6.07) is 11.4. The highest BCUT2D eigenvalue weighted by Gasteiger charge is 2.52. The predicted octanol–water partition coefficient (Wildman–Crippen LogP) is 5.55. The molecule has 2 amide bonds. The Kier molecular flexibility index (Phi) is 7.42. The number of hydrogen-bond donors (Lipinski definition) is 3. The Labute approximate surface area is 241 Å². The Morgan fingerprint density at radius 2 is 1.78 bits per heavy atom. The van der Waals surface area contributed by atoms with Gasteiger partial charge in [0.05, 0.1) is 16.3 Å². The van der Waals surface area contributed by atoms with Crippen LogP contribution < -0.4 is 15.5 Å². The highest BCUT2D eigenvalue weighted by molar-refractivity contribution is 6.31. The van der Waals surface area contributed by atoms with E-state index in [4.69, 9.17) is 11.6 Å². The smallest absolute Gasteiger partial charge is 0.268 e. The minimum atomic E-state index is -2.32. The van der Waals surface area contributed by atoms with E-state index in [1.807, 2.05) is 0 Å². The molecule has 1 atom stereocenters. The molecule has 6 rings (SSSR count). The molecule has 2 fully saturated rings. The van der Waals surface area contributed by atoms with E-state index in [2.05, 4.69) is 15.6 Å². The minimum Gasteiger partial charge on any atom is -0.372 e. The molecule has 0 radical (unpaired) electrons. The lowest BCUT2D eigenvalue weighted by Gasteiger charge is -2.32. The highest BCUT2D eigenvalue weighted by Crippen LogP contribution is 2.46. The van der Waals surface area contributed by atoms with Crippen molar-refractivity contribution in [3.8, 4) is 0 Å².